The predicted molar refractivity (Wildman–Crippen MR) is 80.3 cm³/mol. The van der Waals surface area contributed by atoms with Crippen LogP contribution in [0.3, 0.4) is 0 Å². The van der Waals surface area contributed by atoms with Crippen LogP contribution in [-0.2, 0) is 14.8 Å². The van der Waals surface area contributed by atoms with E-state index in [1.54, 1.807) is 4.31 Å². The van der Waals surface area contributed by atoms with Crippen molar-refractivity contribution in [1.29, 1.82) is 0 Å². The zero-order valence-corrected chi connectivity index (χ0v) is 13.5. The molecule has 1 amide bonds. The maximum absolute atomic E-state index is 12.4. The molecular formula is C14H25N3O3S. The molecule has 0 aromatic carbocycles. The first-order valence-corrected chi connectivity index (χ1v) is 9.69. The van der Waals surface area contributed by atoms with Crippen molar-refractivity contribution in [1.82, 2.24) is 14.5 Å². The summed E-state index contributed by atoms with van der Waals surface area (Å²) in [5.74, 6) is 0.487. The van der Waals surface area contributed by atoms with E-state index in [-0.39, 0.29) is 11.3 Å². The van der Waals surface area contributed by atoms with Gasteiger partial charge in [0, 0.05) is 45.2 Å². The predicted octanol–water partition coefficient (Wildman–Crippen LogP) is -0.130. The average molecular weight is 315 g/mol. The minimum Gasteiger partial charge on any atom is -0.340 e. The first-order valence-electron chi connectivity index (χ1n) is 7.84. The Hall–Kier alpha value is -0.660. The number of amides is 1. The monoisotopic (exact) mass is 315 g/mol. The Morgan fingerprint density at radius 2 is 1.67 bits per heavy atom. The first-order chi connectivity index (χ1) is 9.90. The second-order valence-electron chi connectivity index (χ2n) is 6.84. The Morgan fingerprint density at radius 3 is 2.19 bits per heavy atom. The summed E-state index contributed by atoms with van der Waals surface area (Å²) in [5, 5.41) is 3.26. The Kier molecular flexibility index (Phi) is 4.00. The first kappa shape index (κ1) is 15.2. The van der Waals surface area contributed by atoms with Gasteiger partial charge in [-0.2, -0.15) is 0 Å². The van der Waals surface area contributed by atoms with Crippen molar-refractivity contribution in [3.63, 3.8) is 0 Å². The van der Waals surface area contributed by atoms with Crippen molar-refractivity contribution in [3.05, 3.63) is 0 Å². The summed E-state index contributed by atoms with van der Waals surface area (Å²) < 4.78 is 24.7. The molecule has 1 saturated carbocycles. The number of nitrogens with zero attached hydrogens (tertiary/aromatic N) is 2. The third kappa shape index (κ3) is 3.10. The highest BCUT2D eigenvalue weighted by Crippen LogP contribution is 2.53. The second kappa shape index (κ2) is 5.52. The van der Waals surface area contributed by atoms with Gasteiger partial charge in [-0.3, -0.25) is 4.79 Å². The molecular weight excluding hydrogens is 290 g/mol. The number of piperazine rings is 1. The molecule has 6 nitrogen and oxygen atoms in total. The van der Waals surface area contributed by atoms with Gasteiger partial charge >= 0.3 is 0 Å². The SMILES string of the molecule is CS(=O)(=O)N1CCC2(CC1)CC(C(=O)N1CCNCC1)C2. The highest BCUT2D eigenvalue weighted by atomic mass is 32.2. The Balaban J connectivity index is 1.50. The molecule has 3 aliphatic rings. The van der Waals surface area contributed by atoms with E-state index < -0.39 is 10.0 Å². The summed E-state index contributed by atoms with van der Waals surface area (Å²) in [6, 6.07) is 0. The largest absolute Gasteiger partial charge is 0.340 e. The molecule has 2 aliphatic heterocycles. The number of carbonyl (C=O) groups excluding carboxylic acids is 1. The van der Waals surface area contributed by atoms with E-state index in [0.29, 0.717) is 19.0 Å². The molecule has 7 heteroatoms. The Bertz CT molecular complexity index is 498. The van der Waals surface area contributed by atoms with Crippen LogP contribution in [0, 0.1) is 11.3 Å². The lowest BCUT2D eigenvalue weighted by molar-refractivity contribution is -0.145. The summed E-state index contributed by atoms with van der Waals surface area (Å²) in [7, 11) is -3.06. The minimum atomic E-state index is -3.06. The lowest BCUT2D eigenvalue weighted by Crippen LogP contribution is -2.55. The molecule has 2 saturated heterocycles. The molecule has 2 heterocycles. The molecule has 21 heavy (non-hydrogen) atoms. The van der Waals surface area contributed by atoms with Crippen LogP contribution in [0.5, 0.6) is 0 Å². The van der Waals surface area contributed by atoms with Crippen LogP contribution < -0.4 is 5.32 Å². The van der Waals surface area contributed by atoms with Gasteiger partial charge in [0.1, 0.15) is 0 Å². The van der Waals surface area contributed by atoms with Crippen LogP contribution in [0.25, 0.3) is 0 Å². The van der Waals surface area contributed by atoms with Crippen molar-refractivity contribution in [2.45, 2.75) is 25.7 Å². The summed E-state index contributed by atoms with van der Waals surface area (Å²) in [6.45, 7) is 4.68. The van der Waals surface area contributed by atoms with Crippen molar-refractivity contribution < 1.29 is 13.2 Å². The van der Waals surface area contributed by atoms with Gasteiger partial charge in [0.15, 0.2) is 0 Å². The topological polar surface area (TPSA) is 69.7 Å². The maximum Gasteiger partial charge on any atom is 0.225 e. The van der Waals surface area contributed by atoms with Crippen molar-refractivity contribution in [3.8, 4) is 0 Å². The van der Waals surface area contributed by atoms with Gasteiger partial charge in [0.2, 0.25) is 15.9 Å². The van der Waals surface area contributed by atoms with Gasteiger partial charge in [-0.1, -0.05) is 0 Å². The zero-order valence-electron chi connectivity index (χ0n) is 12.7. The van der Waals surface area contributed by atoms with Gasteiger partial charge in [0.05, 0.1) is 6.26 Å². The molecule has 0 aromatic rings. The quantitative estimate of drug-likeness (QED) is 0.771. The van der Waals surface area contributed by atoms with Crippen LogP contribution >= 0.6 is 0 Å². The van der Waals surface area contributed by atoms with E-state index in [1.165, 1.54) is 6.26 Å². The smallest absolute Gasteiger partial charge is 0.225 e. The number of hydrogen-bond donors (Lipinski definition) is 1. The highest BCUT2D eigenvalue weighted by Gasteiger charge is 2.50. The maximum atomic E-state index is 12.4. The third-order valence-electron chi connectivity index (χ3n) is 5.39. The Morgan fingerprint density at radius 1 is 1.10 bits per heavy atom. The number of sulfonamides is 1. The fraction of sp³-hybridized carbons (Fsp3) is 0.929. The molecule has 3 rings (SSSR count). The summed E-state index contributed by atoms with van der Waals surface area (Å²) in [6.07, 6.45) is 5.00. The van der Waals surface area contributed by atoms with Gasteiger partial charge < -0.3 is 10.2 Å². The van der Waals surface area contributed by atoms with E-state index in [9.17, 15) is 13.2 Å². The zero-order chi connectivity index (χ0) is 15.1. The molecule has 0 aromatic heterocycles. The van der Waals surface area contributed by atoms with E-state index in [1.807, 2.05) is 4.90 Å². The minimum absolute atomic E-state index is 0.174. The molecule has 120 valence electrons. The molecule has 0 radical (unpaired) electrons. The molecule has 3 fully saturated rings. The molecule has 1 spiro atoms. The fourth-order valence-corrected chi connectivity index (χ4v) is 4.85. The van der Waals surface area contributed by atoms with Crippen molar-refractivity contribution in [2.24, 2.45) is 11.3 Å². The number of hydrogen-bond acceptors (Lipinski definition) is 4. The molecule has 1 N–H and O–H groups in total. The summed E-state index contributed by atoms with van der Waals surface area (Å²) in [4.78, 5) is 14.4. The third-order valence-corrected chi connectivity index (χ3v) is 6.69. The van der Waals surface area contributed by atoms with Crippen LogP contribution in [0.4, 0.5) is 0 Å². The van der Waals surface area contributed by atoms with Gasteiger partial charge in [0.25, 0.3) is 0 Å². The standard InChI is InChI=1S/C14H25N3O3S/c1-21(19,20)17-6-2-14(3-7-17)10-12(11-14)13(18)16-8-4-15-5-9-16/h12,15H,2-11H2,1H3. The Labute approximate surface area is 126 Å². The average Bonchev–Trinajstić information content (AvgIpc) is 2.44. The summed E-state index contributed by atoms with van der Waals surface area (Å²) >= 11 is 0. The van der Waals surface area contributed by atoms with Gasteiger partial charge in [-0.15, -0.1) is 0 Å². The number of carbonyl (C=O) groups is 1. The van der Waals surface area contributed by atoms with E-state index in [0.717, 1.165) is 51.9 Å². The number of rotatable bonds is 2. The van der Waals surface area contributed by atoms with Crippen molar-refractivity contribution in [2.75, 3.05) is 45.5 Å². The lowest BCUT2D eigenvalue weighted by atomic mass is 9.57. The van der Waals surface area contributed by atoms with Crippen molar-refractivity contribution >= 4 is 15.9 Å². The highest BCUT2D eigenvalue weighted by molar-refractivity contribution is 7.88. The fourth-order valence-electron chi connectivity index (χ4n) is 4.00. The van der Waals surface area contributed by atoms with Crippen LogP contribution in [0.2, 0.25) is 0 Å². The molecule has 0 bridgehead atoms. The van der Waals surface area contributed by atoms with Crippen LogP contribution in [0.15, 0.2) is 0 Å². The van der Waals surface area contributed by atoms with Gasteiger partial charge in [-0.05, 0) is 31.1 Å². The molecule has 0 unspecified atom stereocenters. The van der Waals surface area contributed by atoms with E-state index in [4.69, 9.17) is 0 Å². The number of nitrogens with one attached hydrogen (secondary N) is 1. The van der Waals surface area contributed by atoms with E-state index in [2.05, 4.69) is 5.32 Å². The lowest BCUT2D eigenvalue weighted by Gasteiger charge is -2.52. The summed E-state index contributed by atoms with van der Waals surface area (Å²) in [5.41, 5.74) is 0.232. The molecule has 0 atom stereocenters. The molecule has 1 aliphatic carbocycles. The second-order valence-corrected chi connectivity index (χ2v) is 8.82. The van der Waals surface area contributed by atoms with E-state index >= 15 is 0 Å². The normalized spacial score (nSPS) is 27.6. The van der Waals surface area contributed by atoms with Gasteiger partial charge in [-0.25, -0.2) is 12.7 Å². The van der Waals surface area contributed by atoms with Crippen LogP contribution in [-0.4, -0.2) is 69.1 Å². The number of piperidine rings is 1. The van der Waals surface area contributed by atoms with Crippen LogP contribution in [0.1, 0.15) is 25.7 Å².